The second kappa shape index (κ2) is 2.69. The molecule has 0 bridgehead atoms. The average Bonchev–Trinajstić information content (AvgIpc) is 1.88. The van der Waals surface area contributed by atoms with Crippen LogP contribution >= 0.6 is 0 Å². The van der Waals surface area contributed by atoms with E-state index in [2.05, 4.69) is 0 Å². The Morgan fingerprint density at radius 2 is 2.40 bits per heavy atom. The zero-order valence-electron chi connectivity index (χ0n) is 5.92. The third kappa shape index (κ3) is 1.26. The van der Waals surface area contributed by atoms with Crippen LogP contribution in [0.1, 0.15) is 19.8 Å². The molecule has 0 aromatic carbocycles. The van der Waals surface area contributed by atoms with Crippen LogP contribution in [0.2, 0.25) is 0 Å². The summed E-state index contributed by atoms with van der Waals surface area (Å²) in [7, 11) is 0. The van der Waals surface area contributed by atoms with Crippen molar-refractivity contribution < 1.29 is 9.90 Å². The summed E-state index contributed by atoms with van der Waals surface area (Å²) in [4.78, 5) is 10.8. The van der Waals surface area contributed by atoms with Gasteiger partial charge in [-0.15, -0.1) is 0 Å². The van der Waals surface area contributed by atoms with Crippen LogP contribution in [-0.2, 0) is 4.79 Å². The fourth-order valence-electron chi connectivity index (χ4n) is 1.01. The smallest absolute Gasteiger partial charge is 0.159 e. The van der Waals surface area contributed by atoms with Crippen molar-refractivity contribution in [2.45, 2.75) is 19.8 Å². The van der Waals surface area contributed by atoms with Crippen molar-refractivity contribution in [1.82, 2.24) is 0 Å². The van der Waals surface area contributed by atoms with Crippen LogP contribution < -0.4 is 0 Å². The van der Waals surface area contributed by atoms with E-state index in [0.717, 1.165) is 6.42 Å². The molecule has 2 nitrogen and oxygen atoms in total. The maximum Gasteiger partial charge on any atom is 0.159 e. The van der Waals surface area contributed by atoms with E-state index >= 15 is 0 Å². The second-order valence-corrected chi connectivity index (χ2v) is 2.36. The zero-order chi connectivity index (χ0) is 7.56. The first kappa shape index (κ1) is 7.06. The van der Waals surface area contributed by atoms with Gasteiger partial charge in [0.05, 0.1) is 0 Å². The zero-order valence-corrected chi connectivity index (χ0v) is 5.92. The van der Waals surface area contributed by atoms with Crippen molar-refractivity contribution >= 4 is 5.78 Å². The maximum absolute atomic E-state index is 10.8. The van der Waals surface area contributed by atoms with Gasteiger partial charge in [0.25, 0.3) is 0 Å². The second-order valence-electron chi connectivity index (χ2n) is 2.36. The molecule has 0 atom stereocenters. The lowest BCUT2D eigenvalue weighted by atomic mass is 10.0. The van der Waals surface area contributed by atoms with E-state index in [9.17, 15) is 4.79 Å². The normalized spacial score (nSPS) is 17.7. The Kier molecular flexibility index (Phi) is 1.90. The van der Waals surface area contributed by atoms with Gasteiger partial charge < -0.3 is 5.11 Å². The highest BCUT2D eigenvalue weighted by Gasteiger charge is 2.10. The van der Waals surface area contributed by atoms with E-state index < -0.39 is 0 Å². The number of Topliss-reactive ketones (excluding diaryl/α,β-unsaturated/α-hetero) is 1. The molecule has 0 aromatic rings. The van der Waals surface area contributed by atoms with Crippen molar-refractivity contribution in [2.75, 3.05) is 0 Å². The van der Waals surface area contributed by atoms with Gasteiger partial charge in [-0.25, -0.2) is 0 Å². The number of allylic oxidation sites excluding steroid dienone is 3. The third-order valence-electron chi connectivity index (χ3n) is 1.57. The lowest BCUT2D eigenvalue weighted by Gasteiger charge is -2.07. The Balaban J connectivity index is 2.89. The number of hydrogen-bond donors (Lipinski definition) is 1. The van der Waals surface area contributed by atoms with Gasteiger partial charge in [0.15, 0.2) is 5.78 Å². The van der Waals surface area contributed by atoms with Crippen LogP contribution in [0.15, 0.2) is 23.5 Å². The molecule has 0 saturated heterocycles. The molecule has 0 fully saturated rings. The minimum atomic E-state index is -0.0261. The molecule has 1 rings (SSSR count). The molecule has 1 aliphatic carbocycles. The van der Waals surface area contributed by atoms with E-state index in [1.807, 2.05) is 6.08 Å². The molecule has 1 N–H and O–H groups in total. The van der Waals surface area contributed by atoms with Crippen molar-refractivity contribution in [3.05, 3.63) is 23.5 Å². The van der Waals surface area contributed by atoms with Gasteiger partial charge >= 0.3 is 0 Å². The molecule has 0 saturated carbocycles. The molecule has 0 heterocycles. The van der Waals surface area contributed by atoms with Gasteiger partial charge in [0, 0.05) is 5.57 Å². The van der Waals surface area contributed by atoms with Crippen LogP contribution in [0, 0.1) is 0 Å². The first-order valence-corrected chi connectivity index (χ1v) is 3.31. The number of carbonyl (C=O) groups is 1. The summed E-state index contributed by atoms with van der Waals surface area (Å²) in [6, 6.07) is 0. The molecule has 0 spiro atoms. The predicted molar refractivity (Wildman–Crippen MR) is 38.7 cm³/mol. The summed E-state index contributed by atoms with van der Waals surface area (Å²) in [5.74, 6) is 0.112. The summed E-state index contributed by atoms with van der Waals surface area (Å²) in [5, 5.41) is 9.11. The fourth-order valence-corrected chi connectivity index (χ4v) is 1.01. The number of ketones is 1. The highest BCUT2D eigenvalue weighted by Crippen LogP contribution is 2.17. The Morgan fingerprint density at radius 1 is 1.70 bits per heavy atom. The number of hydrogen-bond acceptors (Lipinski definition) is 2. The fraction of sp³-hybridized carbons (Fsp3) is 0.375. The quantitative estimate of drug-likeness (QED) is 0.599. The Hall–Kier alpha value is -1.05. The minimum Gasteiger partial charge on any atom is -0.508 e. The molecular formula is C8H10O2. The van der Waals surface area contributed by atoms with Gasteiger partial charge in [0.1, 0.15) is 5.76 Å². The average molecular weight is 138 g/mol. The van der Waals surface area contributed by atoms with Gasteiger partial charge in [-0.05, 0) is 25.8 Å². The number of rotatable bonds is 1. The van der Waals surface area contributed by atoms with Gasteiger partial charge in [-0.1, -0.05) is 6.08 Å². The van der Waals surface area contributed by atoms with Crippen LogP contribution in [0.5, 0.6) is 0 Å². The molecule has 54 valence electrons. The van der Waals surface area contributed by atoms with Gasteiger partial charge in [-0.3, -0.25) is 4.79 Å². The standard InChI is InChI=1S/C8H10O2/c1-6(9)7-4-2-3-5-8(7)10/h3,5,10H,2,4H2,1H3. The molecular weight excluding hydrogens is 128 g/mol. The van der Waals surface area contributed by atoms with Crippen molar-refractivity contribution in [3.63, 3.8) is 0 Å². The Morgan fingerprint density at radius 3 is 2.80 bits per heavy atom. The van der Waals surface area contributed by atoms with E-state index in [-0.39, 0.29) is 11.5 Å². The monoisotopic (exact) mass is 138 g/mol. The van der Waals surface area contributed by atoms with Crippen LogP contribution in [0.4, 0.5) is 0 Å². The molecule has 0 radical (unpaired) electrons. The summed E-state index contributed by atoms with van der Waals surface area (Å²) in [5.41, 5.74) is 0.558. The van der Waals surface area contributed by atoms with Crippen LogP contribution in [-0.4, -0.2) is 10.9 Å². The molecule has 1 aliphatic rings. The molecule has 0 amide bonds. The number of aliphatic hydroxyl groups excluding tert-OH is 1. The number of aliphatic hydroxyl groups is 1. The van der Waals surface area contributed by atoms with Crippen molar-refractivity contribution in [2.24, 2.45) is 0 Å². The first-order chi connectivity index (χ1) is 4.72. The molecule has 0 aliphatic heterocycles. The van der Waals surface area contributed by atoms with Gasteiger partial charge in [-0.2, -0.15) is 0 Å². The molecule has 0 aromatic heterocycles. The summed E-state index contributed by atoms with van der Waals surface area (Å²) < 4.78 is 0. The Labute approximate surface area is 59.9 Å². The SMILES string of the molecule is CC(=O)C1=C(O)C=CCC1. The predicted octanol–water partition coefficient (Wildman–Crippen LogP) is 1.74. The van der Waals surface area contributed by atoms with Gasteiger partial charge in [0.2, 0.25) is 0 Å². The van der Waals surface area contributed by atoms with E-state index in [4.69, 9.17) is 5.11 Å². The van der Waals surface area contributed by atoms with E-state index in [0.29, 0.717) is 12.0 Å². The highest BCUT2D eigenvalue weighted by atomic mass is 16.3. The summed E-state index contributed by atoms with van der Waals surface area (Å²) in [6.07, 6.45) is 4.98. The third-order valence-corrected chi connectivity index (χ3v) is 1.57. The maximum atomic E-state index is 10.8. The van der Waals surface area contributed by atoms with E-state index in [1.165, 1.54) is 6.92 Å². The largest absolute Gasteiger partial charge is 0.508 e. The minimum absolute atomic E-state index is 0.0261. The topological polar surface area (TPSA) is 37.3 Å². The molecule has 0 unspecified atom stereocenters. The highest BCUT2D eigenvalue weighted by molar-refractivity contribution is 5.94. The lowest BCUT2D eigenvalue weighted by Crippen LogP contribution is -2.02. The summed E-state index contributed by atoms with van der Waals surface area (Å²) >= 11 is 0. The van der Waals surface area contributed by atoms with Crippen molar-refractivity contribution in [3.8, 4) is 0 Å². The summed E-state index contributed by atoms with van der Waals surface area (Å²) in [6.45, 7) is 1.48. The van der Waals surface area contributed by atoms with Crippen molar-refractivity contribution in [1.29, 1.82) is 0 Å². The number of carbonyl (C=O) groups excluding carboxylic acids is 1. The van der Waals surface area contributed by atoms with Crippen LogP contribution in [0.3, 0.4) is 0 Å². The van der Waals surface area contributed by atoms with Crippen LogP contribution in [0.25, 0.3) is 0 Å². The molecule has 2 heteroatoms. The lowest BCUT2D eigenvalue weighted by molar-refractivity contribution is -0.113. The van der Waals surface area contributed by atoms with E-state index in [1.54, 1.807) is 6.08 Å². The molecule has 10 heavy (non-hydrogen) atoms. The first-order valence-electron chi connectivity index (χ1n) is 3.31. The Bertz CT molecular complexity index is 211.